The fraction of sp³-hybridized carbons (Fsp3) is 0.107. The number of aromatic nitrogens is 1. The summed E-state index contributed by atoms with van der Waals surface area (Å²) in [5.74, 6) is -0.971. The van der Waals surface area contributed by atoms with Gasteiger partial charge in [0.15, 0.2) is 4.80 Å². The highest BCUT2D eigenvalue weighted by Crippen LogP contribution is 2.31. The van der Waals surface area contributed by atoms with Crippen molar-refractivity contribution in [2.24, 2.45) is 4.99 Å². The summed E-state index contributed by atoms with van der Waals surface area (Å²) in [4.78, 5) is 31.9. The van der Waals surface area contributed by atoms with Crippen LogP contribution in [0.5, 0.6) is 0 Å². The van der Waals surface area contributed by atoms with Gasteiger partial charge in [-0.05, 0) is 41.8 Å². The van der Waals surface area contributed by atoms with Gasteiger partial charge >= 0.3 is 5.97 Å². The first-order chi connectivity index (χ1) is 17.0. The number of rotatable bonds is 5. The van der Waals surface area contributed by atoms with Crippen LogP contribution in [0.3, 0.4) is 0 Å². The number of allylic oxidation sites excluding steroid dienone is 1. The molecule has 5 rings (SSSR count). The van der Waals surface area contributed by atoms with Crippen LogP contribution in [-0.4, -0.2) is 10.5 Å². The van der Waals surface area contributed by atoms with Crippen LogP contribution in [0.4, 0.5) is 4.39 Å². The van der Waals surface area contributed by atoms with E-state index in [1.165, 1.54) is 28.0 Å². The Balaban J connectivity index is 1.61. The van der Waals surface area contributed by atoms with Crippen molar-refractivity contribution >= 4 is 23.4 Å². The molecular formula is C28H21FN2O3S. The normalized spacial score (nSPS) is 15.5. The van der Waals surface area contributed by atoms with Crippen LogP contribution < -0.4 is 14.9 Å². The van der Waals surface area contributed by atoms with Crippen LogP contribution in [0, 0.1) is 5.82 Å². The molecule has 0 radical (unpaired) electrons. The Morgan fingerprint density at radius 1 is 1.03 bits per heavy atom. The molecule has 7 heteroatoms. The van der Waals surface area contributed by atoms with E-state index in [0.717, 1.165) is 11.1 Å². The molecule has 5 nitrogen and oxygen atoms in total. The van der Waals surface area contributed by atoms with Crippen molar-refractivity contribution in [3.8, 4) is 0 Å². The predicted octanol–water partition coefficient (Wildman–Crippen LogP) is 4.12. The summed E-state index contributed by atoms with van der Waals surface area (Å²) in [7, 11) is 0. The zero-order valence-corrected chi connectivity index (χ0v) is 19.7. The van der Waals surface area contributed by atoms with Gasteiger partial charge < -0.3 is 4.74 Å². The van der Waals surface area contributed by atoms with Gasteiger partial charge in [-0.25, -0.2) is 14.2 Å². The first-order valence-electron chi connectivity index (χ1n) is 11.1. The summed E-state index contributed by atoms with van der Waals surface area (Å²) < 4.78 is 21.3. The minimum absolute atomic E-state index is 0.0883. The molecule has 0 N–H and O–H groups in total. The van der Waals surface area contributed by atoms with Crippen molar-refractivity contribution < 1.29 is 13.9 Å². The summed E-state index contributed by atoms with van der Waals surface area (Å²) in [5.41, 5.74) is 2.77. The Labute approximate surface area is 204 Å². The summed E-state index contributed by atoms with van der Waals surface area (Å²) in [6.07, 6.45) is 1.80. The van der Waals surface area contributed by atoms with Crippen LogP contribution >= 0.6 is 11.3 Å². The first kappa shape index (κ1) is 22.7. The molecule has 2 heterocycles. The summed E-state index contributed by atoms with van der Waals surface area (Å²) in [6, 6.07) is 23.9. The number of hydrogen-bond acceptors (Lipinski definition) is 5. The van der Waals surface area contributed by atoms with Crippen molar-refractivity contribution in [3.05, 3.63) is 138 Å². The summed E-state index contributed by atoms with van der Waals surface area (Å²) in [6.45, 7) is 1.81. The second-order valence-electron chi connectivity index (χ2n) is 8.11. The molecule has 0 aliphatic carbocycles. The highest BCUT2D eigenvalue weighted by molar-refractivity contribution is 7.07. The maximum atomic E-state index is 13.7. The van der Waals surface area contributed by atoms with Gasteiger partial charge in [0.25, 0.3) is 5.56 Å². The van der Waals surface area contributed by atoms with Gasteiger partial charge in [-0.1, -0.05) is 84.1 Å². The number of fused-ring (bicyclic) bond motifs is 1. The molecule has 1 aliphatic rings. The number of benzene rings is 3. The maximum Gasteiger partial charge on any atom is 0.338 e. The van der Waals surface area contributed by atoms with Gasteiger partial charge in [0, 0.05) is 0 Å². The molecule has 1 aliphatic heterocycles. The highest BCUT2D eigenvalue weighted by atomic mass is 32.1. The zero-order valence-electron chi connectivity index (χ0n) is 18.9. The van der Waals surface area contributed by atoms with E-state index in [-0.39, 0.29) is 17.7 Å². The third-order valence-corrected chi connectivity index (χ3v) is 6.72. The van der Waals surface area contributed by atoms with Crippen molar-refractivity contribution in [2.75, 3.05) is 0 Å². The molecule has 0 fully saturated rings. The number of nitrogens with zero attached hydrogens (tertiary/aromatic N) is 2. The van der Waals surface area contributed by atoms with Gasteiger partial charge in [-0.2, -0.15) is 0 Å². The van der Waals surface area contributed by atoms with Crippen LogP contribution in [0.15, 0.2) is 106 Å². The molecule has 0 saturated heterocycles. The molecule has 1 aromatic heterocycles. The zero-order chi connectivity index (χ0) is 24.4. The Bertz CT molecular complexity index is 1590. The van der Waals surface area contributed by atoms with E-state index in [4.69, 9.17) is 4.74 Å². The van der Waals surface area contributed by atoms with E-state index >= 15 is 0 Å². The van der Waals surface area contributed by atoms with Crippen molar-refractivity contribution in [3.63, 3.8) is 0 Å². The fourth-order valence-corrected chi connectivity index (χ4v) is 5.09. The van der Waals surface area contributed by atoms with E-state index < -0.39 is 17.8 Å². The molecule has 1 atom stereocenters. The third-order valence-electron chi connectivity index (χ3n) is 5.74. The largest absolute Gasteiger partial charge is 0.457 e. The topological polar surface area (TPSA) is 60.7 Å². The van der Waals surface area contributed by atoms with Crippen molar-refractivity contribution in [1.82, 2.24) is 4.57 Å². The second kappa shape index (κ2) is 9.64. The molecule has 35 heavy (non-hydrogen) atoms. The van der Waals surface area contributed by atoms with Crippen molar-refractivity contribution in [1.29, 1.82) is 0 Å². The number of carbonyl (C=O) groups is 1. The van der Waals surface area contributed by atoms with E-state index in [2.05, 4.69) is 4.99 Å². The Kier molecular flexibility index (Phi) is 6.25. The van der Waals surface area contributed by atoms with Gasteiger partial charge in [-0.3, -0.25) is 9.36 Å². The molecule has 0 amide bonds. The predicted molar refractivity (Wildman–Crippen MR) is 133 cm³/mol. The summed E-state index contributed by atoms with van der Waals surface area (Å²) in [5, 5.41) is 0. The molecule has 0 spiro atoms. The lowest BCUT2D eigenvalue weighted by Gasteiger charge is -2.24. The Hall–Kier alpha value is -4.10. The van der Waals surface area contributed by atoms with Gasteiger partial charge in [0.2, 0.25) is 0 Å². The SMILES string of the molecule is CC1=C(C(=O)OCc2ccccc2)C(c2ccc(F)cc2)n2c(s/c(=C\c3ccccc3)c2=O)=N1. The van der Waals surface area contributed by atoms with Crippen LogP contribution in [0.25, 0.3) is 6.08 Å². The van der Waals surface area contributed by atoms with Gasteiger partial charge in [0.05, 0.1) is 21.8 Å². The van der Waals surface area contributed by atoms with Crippen LogP contribution in [0.2, 0.25) is 0 Å². The average Bonchev–Trinajstić information content (AvgIpc) is 3.17. The molecule has 0 saturated carbocycles. The number of esters is 1. The number of thiazole rings is 1. The standard InChI is InChI=1S/C28H21FN2O3S/c1-18-24(27(33)34-17-20-10-6-3-7-11-20)25(21-12-14-22(29)15-13-21)31-26(32)23(35-28(31)30-18)16-19-8-4-2-5-9-19/h2-16,25H,17H2,1H3/b23-16-. The molecular weight excluding hydrogens is 463 g/mol. The minimum atomic E-state index is -0.784. The smallest absolute Gasteiger partial charge is 0.338 e. The highest BCUT2D eigenvalue weighted by Gasteiger charge is 2.33. The lowest BCUT2D eigenvalue weighted by atomic mass is 9.96. The summed E-state index contributed by atoms with van der Waals surface area (Å²) >= 11 is 1.25. The third kappa shape index (κ3) is 4.63. The monoisotopic (exact) mass is 484 g/mol. The number of ether oxygens (including phenoxy) is 1. The molecule has 0 bridgehead atoms. The Morgan fingerprint density at radius 2 is 1.69 bits per heavy atom. The number of carbonyl (C=O) groups excluding carboxylic acids is 1. The molecule has 3 aromatic carbocycles. The number of hydrogen-bond donors (Lipinski definition) is 0. The molecule has 1 unspecified atom stereocenters. The van der Waals surface area contributed by atoms with E-state index in [1.807, 2.05) is 60.7 Å². The Morgan fingerprint density at radius 3 is 2.37 bits per heavy atom. The van der Waals surface area contributed by atoms with Gasteiger partial charge in [-0.15, -0.1) is 0 Å². The van der Waals surface area contributed by atoms with Crippen LogP contribution in [0.1, 0.15) is 29.7 Å². The van der Waals surface area contributed by atoms with E-state index in [9.17, 15) is 14.0 Å². The quantitative estimate of drug-likeness (QED) is 0.401. The number of halogens is 1. The maximum absolute atomic E-state index is 13.7. The second-order valence-corrected chi connectivity index (χ2v) is 9.11. The fourth-order valence-electron chi connectivity index (χ4n) is 4.04. The molecule has 174 valence electrons. The van der Waals surface area contributed by atoms with E-state index in [0.29, 0.717) is 20.6 Å². The van der Waals surface area contributed by atoms with Crippen LogP contribution in [-0.2, 0) is 16.1 Å². The van der Waals surface area contributed by atoms with E-state index in [1.54, 1.807) is 25.1 Å². The first-order valence-corrected chi connectivity index (χ1v) is 11.9. The molecule has 4 aromatic rings. The minimum Gasteiger partial charge on any atom is -0.457 e. The van der Waals surface area contributed by atoms with Gasteiger partial charge in [0.1, 0.15) is 12.4 Å². The average molecular weight is 485 g/mol. The van der Waals surface area contributed by atoms with Crippen molar-refractivity contribution in [2.45, 2.75) is 19.6 Å². The lowest BCUT2D eigenvalue weighted by molar-refractivity contribution is -0.140. The lowest BCUT2D eigenvalue weighted by Crippen LogP contribution is -2.39.